The standard InChI is InChI=1S/C23H28N4O2.C8H8FNO.C2H6.H2/c1-22(2)10-19(22)21(29)26-15-23(16-26)8-9-25(14-23)20(28)18-11-24-27(13-18)12-17-6-4-3-5-7-17;9-8-3-1-2-7(4-8)5-10-6-11;1-2;/h3-7,11,13,19H,8-10,12,14-16H2,1-2H3;1-4,6H,5H2,(H,10,11);1-2H3;1H/t19-;;;/m1.../s1. The molecule has 226 valence electrons. The molecule has 1 spiro atoms. The lowest BCUT2D eigenvalue weighted by Crippen LogP contribution is -2.60. The molecule has 1 saturated carbocycles. The molecular weight excluding hydrogens is 533 g/mol. The Morgan fingerprint density at radius 2 is 1.71 bits per heavy atom. The van der Waals surface area contributed by atoms with E-state index in [1.165, 1.54) is 12.1 Å². The van der Waals surface area contributed by atoms with Gasteiger partial charge in [0, 0.05) is 51.7 Å². The molecule has 1 N–H and O–H groups in total. The number of nitrogens with one attached hydrogen (secondary N) is 1. The summed E-state index contributed by atoms with van der Waals surface area (Å²) in [7, 11) is 0. The maximum Gasteiger partial charge on any atom is 0.257 e. The maximum atomic E-state index is 13.0. The second-order valence-electron chi connectivity index (χ2n) is 12.0. The summed E-state index contributed by atoms with van der Waals surface area (Å²) in [5.74, 6) is 0.284. The fraction of sp³-hybridized carbons (Fsp3) is 0.455. The van der Waals surface area contributed by atoms with Gasteiger partial charge in [-0.2, -0.15) is 5.10 Å². The number of aromatic nitrogens is 2. The van der Waals surface area contributed by atoms with E-state index in [4.69, 9.17) is 0 Å². The van der Waals surface area contributed by atoms with Crippen molar-refractivity contribution >= 4 is 18.2 Å². The molecule has 42 heavy (non-hydrogen) atoms. The fourth-order valence-electron chi connectivity index (χ4n) is 5.71. The third-order valence-electron chi connectivity index (χ3n) is 8.25. The molecule has 3 amide bonds. The van der Waals surface area contributed by atoms with Crippen molar-refractivity contribution in [2.45, 2.75) is 53.6 Å². The van der Waals surface area contributed by atoms with Gasteiger partial charge in [-0.3, -0.25) is 19.1 Å². The van der Waals surface area contributed by atoms with Crippen LogP contribution in [0.4, 0.5) is 4.39 Å². The van der Waals surface area contributed by atoms with E-state index >= 15 is 0 Å². The number of carbonyl (C=O) groups excluding carboxylic acids is 3. The lowest BCUT2D eigenvalue weighted by atomic mass is 9.78. The SMILES string of the molecule is CC.CC1(C)C[C@@H]1C(=O)N1CC2(CCN(C(=O)c3cnn(Cc4ccccc4)c3)C2)C1.O=CNCc1cccc(F)c1.[HH]. The van der Waals surface area contributed by atoms with Crippen molar-refractivity contribution in [1.82, 2.24) is 24.9 Å². The topological polar surface area (TPSA) is 87.5 Å². The summed E-state index contributed by atoms with van der Waals surface area (Å²) in [6, 6.07) is 16.2. The summed E-state index contributed by atoms with van der Waals surface area (Å²) in [6.07, 6.45) is 6.08. The molecule has 2 aliphatic heterocycles. The van der Waals surface area contributed by atoms with E-state index < -0.39 is 0 Å². The molecule has 6 rings (SSSR count). The van der Waals surface area contributed by atoms with Gasteiger partial charge in [0.2, 0.25) is 12.3 Å². The second-order valence-corrected chi connectivity index (χ2v) is 12.0. The summed E-state index contributed by atoms with van der Waals surface area (Å²) < 4.78 is 14.3. The molecule has 1 aromatic heterocycles. The van der Waals surface area contributed by atoms with Gasteiger partial charge < -0.3 is 15.1 Å². The molecule has 0 radical (unpaired) electrons. The molecule has 0 bridgehead atoms. The first-order valence-electron chi connectivity index (χ1n) is 14.7. The molecule has 3 fully saturated rings. The quantitative estimate of drug-likeness (QED) is 0.401. The van der Waals surface area contributed by atoms with Crippen LogP contribution >= 0.6 is 0 Å². The number of amides is 3. The molecular formula is C33H44FN5O3. The van der Waals surface area contributed by atoms with Gasteiger partial charge in [-0.25, -0.2) is 4.39 Å². The van der Waals surface area contributed by atoms with Crippen molar-refractivity contribution in [1.29, 1.82) is 0 Å². The Hall–Kier alpha value is -4.01. The Kier molecular flexibility index (Phi) is 9.81. The zero-order valence-electron chi connectivity index (χ0n) is 25.1. The van der Waals surface area contributed by atoms with Crippen LogP contribution in [0.25, 0.3) is 0 Å². The van der Waals surface area contributed by atoms with Crippen LogP contribution < -0.4 is 5.32 Å². The van der Waals surface area contributed by atoms with Gasteiger partial charge in [0.25, 0.3) is 5.91 Å². The molecule has 1 atom stereocenters. The summed E-state index contributed by atoms with van der Waals surface area (Å²) in [5, 5.41) is 6.81. The molecule has 1 aliphatic carbocycles. The monoisotopic (exact) mass is 577 g/mol. The summed E-state index contributed by atoms with van der Waals surface area (Å²) in [5.41, 5.74) is 2.84. The number of carbonyl (C=O) groups is 3. The first-order chi connectivity index (χ1) is 20.2. The fourth-order valence-corrected chi connectivity index (χ4v) is 5.71. The predicted molar refractivity (Wildman–Crippen MR) is 162 cm³/mol. The summed E-state index contributed by atoms with van der Waals surface area (Å²) in [4.78, 5) is 39.3. The van der Waals surface area contributed by atoms with Crippen molar-refractivity contribution in [3.8, 4) is 0 Å². The van der Waals surface area contributed by atoms with Gasteiger partial charge in [0.1, 0.15) is 5.82 Å². The summed E-state index contributed by atoms with van der Waals surface area (Å²) >= 11 is 0. The van der Waals surface area contributed by atoms with Crippen molar-refractivity contribution in [2.24, 2.45) is 16.7 Å². The van der Waals surface area contributed by atoms with E-state index in [1.807, 2.05) is 52.7 Å². The Bertz CT molecular complexity index is 1370. The van der Waals surface area contributed by atoms with Gasteiger partial charge in [0.15, 0.2) is 0 Å². The normalized spacial score (nSPS) is 19.0. The van der Waals surface area contributed by atoms with E-state index in [9.17, 15) is 18.8 Å². The number of rotatable bonds is 7. The minimum atomic E-state index is -0.282. The van der Waals surface area contributed by atoms with Crippen molar-refractivity contribution in [2.75, 3.05) is 26.2 Å². The number of halogens is 1. The highest BCUT2D eigenvalue weighted by Gasteiger charge is 2.57. The van der Waals surface area contributed by atoms with Gasteiger partial charge in [-0.15, -0.1) is 0 Å². The van der Waals surface area contributed by atoms with Gasteiger partial charge in [-0.05, 0) is 41.5 Å². The van der Waals surface area contributed by atoms with Crippen LogP contribution in [0.2, 0.25) is 0 Å². The largest absolute Gasteiger partial charge is 0.355 e. The average Bonchev–Trinajstić information content (AvgIpc) is 3.31. The van der Waals surface area contributed by atoms with E-state index in [2.05, 4.69) is 36.4 Å². The number of hydrogen-bond acceptors (Lipinski definition) is 4. The lowest BCUT2D eigenvalue weighted by molar-refractivity contribution is -0.144. The Balaban J connectivity index is 0.000000307. The molecule has 0 unspecified atom stereocenters. The Labute approximate surface area is 249 Å². The average molecular weight is 578 g/mol. The van der Waals surface area contributed by atoms with Crippen molar-refractivity contribution in [3.63, 3.8) is 0 Å². The van der Waals surface area contributed by atoms with Gasteiger partial charge in [0.05, 0.1) is 18.3 Å². The highest BCUT2D eigenvalue weighted by atomic mass is 19.1. The number of nitrogens with zero attached hydrogens (tertiary/aromatic N) is 4. The first-order valence-corrected chi connectivity index (χ1v) is 14.7. The van der Waals surface area contributed by atoms with Crippen LogP contribution in [0.15, 0.2) is 67.0 Å². The zero-order valence-corrected chi connectivity index (χ0v) is 25.1. The third-order valence-corrected chi connectivity index (χ3v) is 8.25. The molecule has 2 saturated heterocycles. The zero-order chi connectivity index (χ0) is 30.3. The summed E-state index contributed by atoms with van der Waals surface area (Å²) in [6.45, 7) is 12.5. The van der Waals surface area contributed by atoms with Crippen LogP contribution in [-0.4, -0.2) is 64.0 Å². The third kappa shape index (κ3) is 7.43. The molecule has 9 heteroatoms. The minimum Gasteiger partial charge on any atom is -0.355 e. The second kappa shape index (κ2) is 13.3. The van der Waals surface area contributed by atoms with Gasteiger partial charge >= 0.3 is 0 Å². The van der Waals surface area contributed by atoms with Gasteiger partial charge in [-0.1, -0.05) is 70.2 Å². The number of benzene rings is 2. The molecule has 8 nitrogen and oxygen atoms in total. The van der Waals surface area contributed by atoms with E-state index in [-0.39, 0.29) is 29.9 Å². The predicted octanol–water partition coefficient (Wildman–Crippen LogP) is 5.00. The smallest absolute Gasteiger partial charge is 0.257 e. The highest BCUT2D eigenvalue weighted by molar-refractivity contribution is 5.94. The Morgan fingerprint density at radius 1 is 1.05 bits per heavy atom. The molecule has 2 aromatic carbocycles. The van der Waals surface area contributed by atoms with Crippen LogP contribution in [0, 0.1) is 22.6 Å². The highest BCUT2D eigenvalue weighted by Crippen LogP contribution is 2.54. The van der Waals surface area contributed by atoms with Crippen LogP contribution in [0.5, 0.6) is 0 Å². The lowest BCUT2D eigenvalue weighted by Gasteiger charge is -2.48. The molecule has 3 aliphatic rings. The number of hydrogen-bond donors (Lipinski definition) is 1. The van der Waals surface area contributed by atoms with E-state index in [1.54, 1.807) is 18.3 Å². The molecule has 3 heterocycles. The van der Waals surface area contributed by atoms with Crippen LogP contribution in [0.1, 0.15) is 63.4 Å². The maximum absolute atomic E-state index is 13.0. The van der Waals surface area contributed by atoms with Crippen LogP contribution in [0.3, 0.4) is 0 Å². The Morgan fingerprint density at radius 3 is 2.36 bits per heavy atom. The van der Waals surface area contributed by atoms with Crippen LogP contribution in [-0.2, 0) is 22.7 Å². The van der Waals surface area contributed by atoms with E-state index in [0.29, 0.717) is 31.0 Å². The first kappa shape index (κ1) is 30.9. The van der Waals surface area contributed by atoms with E-state index in [0.717, 1.165) is 50.1 Å². The minimum absolute atomic E-state index is 0. The number of likely N-dealkylation sites (tertiary alicyclic amines) is 2. The van der Waals surface area contributed by atoms with Crippen molar-refractivity contribution in [3.05, 3.63) is 89.5 Å². The molecule has 3 aromatic rings. The van der Waals surface area contributed by atoms with Crippen molar-refractivity contribution < 1.29 is 20.2 Å².